The molecule has 0 radical (unpaired) electrons. The average molecular weight is 343 g/mol. The predicted octanol–water partition coefficient (Wildman–Crippen LogP) is 4.12. The summed E-state index contributed by atoms with van der Waals surface area (Å²) in [6, 6.07) is 11.2. The largest absolute Gasteiger partial charge is 0.490 e. The van der Waals surface area contributed by atoms with Gasteiger partial charge in [0.1, 0.15) is 5.75 Å². The highest BCUT2D eigenvalue weighted by molar-refractivity contribution is 5.92. The van der Waals surface area contributed by atoms with Crippen LogP contribution in [0, 0.1) is 13.8 Å². The Morgan fingerprint density at radius 2 is 1.56 bits per heavy atom. The predicted molar refractivity (Wildman–Crippen MR) is 98.8 cm³/mol. The van der Waals surface area contributed by atoms with E-state index in [1.807, 2.05) is 45.9 Å². The number of nitrogens with one attached hydrogen (secondary N) is 1. The number of hydrogen-bond acceptors (Lipinski definition) is 4. The lowest BCUT2D eigenvalue weighted by atomic mass is 10.1. The molecule has 0 spiro atoms. The van der Waals surface area contributed by atoms with E-state index < -0.39 is 0 Å². The van der Waals surface area contributed by atoms with Gasteiger partial charge in [0, 0.05) is 11.8 Å². The number of aryl methyl sites for hydroxylation is 2. The third-order valence-corrected chi connectivity index (χ3v) is 3.58. The molecule has 0 unspecified atom stereocenters. The van der Waals surface area contributed by atoms with E-state index in [2.05, 4.69) is 5.32 Å². The number of carbonyl (C=O) groups excluding carboxylic acids is 1. The lowest BCUT2D eigenvalue weighted by Crippen LogP contribution is -2.20. The number of amides is 1. The second kappa shape index (κ2) is 8.97. The van der Waals surface area contributed by atoms with Gasteiger partial charge in [-0.25, -0.2) is 0 Å². The van der Waals surface area contributed by atoms with Crippen molar-refractivity contribution in [2.24, 2.45) is 0 Å². The molecule has 0 aliphatic carbocycles. The number of ether oxygens (including phenoxy) is 3. The molecule has 0 bridgehead atoms. The SMILES string of the molecule is CCOc1ccc(NC(=O)COc2c(C)cccc2C)cc1OCC. The Morgan fingerprint density at radius 1 is 0.920 bits per heavy atom. The van der Waals surface area contributed by atoms with Gasteiger partial charge in [-0.1, -0.05) is 18.2 Å². The van der Waals surface area contributed by atoms with Crippen molar-refractivity contribution in [2.45, 2.75) is 27.7 Å². The van der Waals surface area contributed by atoms with Crippen LogP contribution in [0.1, 0.15) is 25.0 Å². The monoisotopic (exact) mass is 343 g/mol. The summed E-state index contributed by atoms with van der Waals surface area (Å²) >= 11 is 0. The zero-order chi connectivity index (χ0) is 18.2. The Hall–Kier alpha value is -2.69. The van der Waals surface area contributed by atoms with Gasteiger partial charge in [0.05, 0.1) is 13.2 Å². The molecule has 5 nitrogen and oxygen atoms in total. The van der Waals surface area contributed by atoms with Gasteiger partial charge in [-0.05, 0) is 51.0 Å². The van der Waals surface area contributed by atoms with Crippen molar-refractivity contribution in [1.29, 1.82) is 0 Å². The van der Waals surface area contributed by atoms with Crippen molar-refractivity contribution >= 4 is 11.6 Å². The van der Waals surface area contributed by atoms with Gasteiger partial charge in [-0.15, -0.1) is 0 Å². The summed E-state index contributed by atoms with van der Waals surface area (Å²) < 4.78 is 16.8. The van der Waals surface area contributed by atoms with Crippen LogP contribution in [0.3, 0.4) is 0 Å². The maximum absolute atomic E-state index is 12.2. The van der Waals surface area contributed by atoms with Gasteiger partial charge >= 0.3 is 0 Å². The number of hydrogen-bond donors (Lipinski definition) is 1. The Balaban J connectivity index is 2.01. The summed E-state index contributed by atoms with van der Waals surface area (Å²) in [6.45, 7) is 8.75. The van der Waals surface area contributed by atoms with Crippen LogP contribution < -0.4 is 19.5 Å². The van der Waals surface area contributed by atoms with Crippen LogP contribution in [0.5, 0.6) is 17.2 Å². The van der Waals surface area contributed by atoms with Crippen LogP contribution in [0.15, 0.2) is 36.4 Å². The van der Waals surface area contributed by atoms with Crippen LogP contribution in [0.2, 0.25) is 0 Å². The summed E-state index contributed by atoms with van der Waals surface area (Å²) in [4.78, 5) is 12.2. The second-order valence-corrected chi connectivity index (χ2v) is 5.59. The topological polar surface area (TPSA) is 56.8 Å². The molecule has 0 aliphatic rings. The fourth-order valence-corrected chi connectivity index (χ4v) is 2.49. The highest BCUT2D eigenvalue weighted by Gasteiger charge is 2.10. The van der Waals surface area contributed by atoms with Crippen LogP contribution in [0.25, 0.3) is 0 Å². The highest BCUT2D eigenvalue weighted by atomic mass is 16.5. The molecule has 0 aromatic heterocycles. The van der Waals surface area contributed by atoms with Gasteiger partial charge in [-0.3, -0.25) is 4.79 Å². The van der Waals surface area contributed by atoms with Crippen molar-refractivity contribution < 1.29 is 19.0 Å². The fourth-order valence-electron chi connectivity index (χ4n) is 2.49. The van der Waals surface area contributed by atoms with Crippen molar-refractivity contribution in [3.05, 3.63) is 47.5 Å². The van der Waals surface area contributed by atoms with Crippen molar-refractivity contribution in [3.8, 4) is 17.2 Å². The van der Waals surface area contributed by atoms with Gasteiger partial charge in [0.2, 0.25) is 0 Å². The van der Waals surface area contributed by atoms with E-state index in [-0.39, 0.29) is 12.5 Å². The second-order valence-electron chi connectivity index (χ2n) is 5.59. The Morgan fingerprint density at radius 3 is 2.20 bits per heavy atom. The number of carbonyl (C=O) groups is 1. The number of para-hydroxylation sites is 1. The molecule has 2 aromatic carbocycles. The minimum absolute atomic E-state index is 0.0527. The highest BCUT2D eigenvalue weighted by Crippen LogP contribution is 2.30. The van der Waals surface area contributed by atoms with E-state index >= 15 is 0 Å². The standard InChI is InChI=1S/C20H25NO4/c1-5-23-17-11-10-16(12-18(17)24-6-2)21-19(22)13-25-20-14(3)8-7-9-15(20)4/h7-12H,5-6,13H2,1-4H3,(H,21,22). The number of benzene rings is 2. The van der Waals surface area contributed by atoms with Crippen molar-refractivity contribution in [3.63, 3.8) is 0 Å². The minimum atomic E-state index is -0.228. The summed E-state index contributed by atoms with van der Waals surface area (Å²) in [5.74, 6) is 1.79. The third-order valence-electron chi connectivity index (χ3n) is 3.58. The summed E-state index contributed by atoms with van der Waals surface area (Å²) in [6.07, 6.45) is 0. The molecule has 0 atom stereocenters. The molecule has 1 amide bonds. The molecule has 0 heterocycles. The van der Waals surface area contributed by atoms with Gasteiger partial charge in [-0.2, -0.15) is 0 Å². The maximum atomic E-state index is 12.2. The molecule has 0 fully saturated rings. The van der Waals surface area contributed by atoms with Gasteiger partial charge < -0.3 is 19.5 Å². The lowest BCUT2D eigenvalue weighted by molar-refractivity contribution is -0.118. The quantitative estimate of drug-likeness (QED) is 0.783. The molecule has 0 aliphatic heterocycles. The van der Waals surface area contributed by atoms with E-state index in [1.165, 1.54) is 0 Å². The summed E-state index contributed by atoms with van der Waals surface area (Å²) in [5.41, 5.74) is 2.65. The fraction of sp³-hybridized carbons (Fsp3) is 0.350. The molecular weight excluding hydrogens is 318 g/mol. The van der Waals surface area contributed by atoms with E-state index in [9.17, 15) is 4.79 Å². The molecule has 134 valence electrons. The molecular formula is C20H25NO4. The first-order chi connectivity index (χ1) is 12.0. The molecule has 1 N–H and O–H groups in total. The normalized spacial score (nSPS) is 10.2. The molecule has 0 saturated carbocycles. The Labute approximate surface area is 148 Å². The van der Waals surface area contributed by atoms with Crippen LogP contribution >= 0.6 is 0 Å². The van der Waals surface area contributed by atoms with E-state index in [0.29, 0.717) is 30.4 Å². The first-order valence-electron chi connectivity index (χ1n) is 8.43. The van der Waals surface area contributed by atoms with E-state index in [4.69, 9.17) is 14.2 Å². The molecule has 2 aromatic rings. The van der Waals surface area contributed by atoms with Gasteiger partial charge in [0.15, 0.2) is 18.1 Å². The zero-order valence-corrected chi connectivity index (χ0v) is 15.2. The first kappa shape index (κ1) is 18.6. The zero-order valence-electron chi connectivity index (χ0n) is 15.2. The Bertz CT molecular complexity index is 707. The van der Waals surface area contributed by atoms with Crippen LogP contribution in [-0.4, -0.2) is 25.7 Å². The number of rotatable bonds is 8. The first-order valence-corrected chi connectivity index (χ1v) is 8.43. The van der Waals surface area contributed by atoms with Crippen LogP contribution in [-0.2, 0) is 4.79 Å². The number of anilines is 1. The third kappa shape index (κ3) is 5.14. The van der Waals surface area contributed by atoms with Crippen molar-refractivity contribution in [2.75, 3.05) is 25.1 Å². The minimum Gasteiger partial charge on any atom is -0.490 e. The van der Waals surface area contributed by atoms with E-state index in [1.54, 1.807) is 18.2 Å². The lowest BCUT2D eigenvalue weighted by Gasteiger charge is -2.14. The summed E-state index contributed by atoms with van der Waals surface area (Å²) in [7, 11) is 0. The smallest absolute Gasteiger partial charge is 0.262 e. The molecule has 25 heavy (non-hydrogen) atoms. The molecule has 0 saturated heterocycles. The maximum Gasteiger partial charge on any atom is 0.262 e. The summed E-state index contributed by atoms with van der Waals surface area (Å²) in [5, 5.41) is 2.82. The molecule has 5 heteroatoms. The average Bonchev–Trinajstić information content (AvgIpc) is 2.57. The van der Waals surface area contributed by atoms with Crippen molar-refractivity contribution in [1.82, 2.24) is 0 Å². The molecule has 2 rings (SSSR count). The Kier molecular flexibility index (Phi) is 6.69. The van der Waals surface area contributed by atoms with E-state index in [0.717, 1.165) is 16.9 Å². The van der Waals surface area contributed by atoms with Gasteiger partial charge in [0.25, 0.3) is 5.91 Å². The van der Waals surface area contributed by atoms with Crippen LogP contribution in [0.4, 0.5) is 5.69 Å².